The zero-order valence-corrected chi connectivity index (χ0v) is 9.68. The number of nitrogens with two attached hydrogens (primary N) is 1. The van der Waals surface area contributed by atoms with Crippen LogP contribution in [0.4, 0.5) is 5.69 Å². The van der Waals surface area contributed by atoms with Crippen LogP contribution in [-0.4, -0.2) is 11.7 Å². The number of rotatable bonds is 3. The average molecular weight is 239 g/mol. The number of benzene rings is 2. The molecule has 0 amide bonds. The van der Waals surface area contributed by atoms with E-state index in [1.807, 2.05) is 18.2 Å². The molecule has 0 bridgehead atoms. The van der Waals surface area contributed by atoms with E-state index in [0.717, 1.165) is 0 Å². The Labute approximate surface area is 105 Å². The monoisotopic (exact) mass is 239 g/mol. The molecule has 0 atom stereocenters. The van der Waals surface area contributed by atoms with Crippen molar-refractivity contribution in [2.24, 2.45) is 5.73 Å². The smallest absolute Gasteiger partial charge is 0.195 e. The number of hydrogen-bond donors (Lipinski definition) is 3. The van der Waals surface area contributed by atoms with Crippen molar-refractivity contribution in [1.29, 1.82) is 5.41 Å². The van der Waals surface area contributed by atoms with E-state index in [0.29, 0.717) is 16.8 Å². The molecule has 0 aliphatic rings. The molecule has 0 unspecified atom stereocenters. The van der Waals surface area contributed by atoms with Gasteiger partial charge in [-0.25, -0.2) is 0 Å². The van der Waals surface area contributed by atoms with E-state index < -0.39 is 0 Å². The van der Waals surface area contributed by atoms with Gasteiger partial charge in [-0.2, -0.15) is 0 Å². The number of hydrogen-bond acceptors (Lipinski definition) is 2. The van der Waals surface area contributed by atoms with Crippen molar-refractivity contribution in [3.05, 3.63) is 65.7 Å². The molecule has 4 heteroatoms. The lowest BCUT2D eigenvalue weighted by Gasteiger charge is -2.09. The maximum atomic E-state index is 12.3. The Kier molecular flexibility index (Phi) is 3.38. The summed E-state index contributed by atoms with van der Waals surface area (Å²) in [5.74, 6) is -0.289. The normalized spacial score (nSPS) is 9.78. The van der Waals surface area contributed by atoms with Gasteiger partial charge in [0.05, 0.1) is 5.69 Å². The topological polar surface area (TPSA) is 79.0 Å². The lowest BCUT2D eigenvalue weighted by Crippen LogP contribution is -2.22. The number of anilines is 1. The summed E-state index contributed by atoms with van der Waals surface area (Å²) in [4.78, 5) is 12.3. The van der Waals surface area contributed by atoms with Crippen molar-refractivity contribution in [2.75, 3.05) is 5.32 Å². The second-order valence-electron chi connectivity index (χ2n) is 3.78. The summed E-state index contributed by atoms with van der Waals surface area (Å²) in [6, 6.07) is 16.0. The van der Waals surface area contributed by atoms with Crippen LogP contribution in [0.15, 0.2) is 54.6 Å². The van der Waals surface area contributed by atoms with Crippen LogP contribution in [0, 0.1) is 5.41 Å². The summed E-state index contributed by atoms with van der Waals surface area (Å²) >= 11 is 0. The molecule has 0 aliphatic carbocycles. The number of para-hydroxylation sites is 1. The molecule has 0 heterocycles. The first kappa shape index (κ1) is 11.9. The maximum Gasteiger partial charge on any atom is 0.195 e. The highest BCUT2D eigenvalue weighted by molar-refractivity contribution is 6.13. The van der Waals surface area contributed by atoms with Crippen molar-refractivity contribution in [2.45, 2.75) is 0 Å². The third-order valence-electron chi connectivity index (χ3n) is 2.48. The van der Waals surface area contributed by atoms with Gasteiger partial charge < -0.3 is 11.1 Å². The van der Waals surface area contributed by atoms with Crippen molar-refractivity contribution in [1.82, 2.24) is 0 Å². The lowest BCUT2D eigenvalue weighted by molar-refractivity contribution is 0.103. The SMILES string of the molecule is N=C(N)Nc1ccccc1C(=O)c1ccccc1. The minimum atomic E-state index is -0.191. The Morgan fingerprint density at radius 1 is 1.00 bits per heavy atom. The Hall–Kier alpha value is -2.62. The first-order valence-corrected chi connectivity index (χ1v) is 5.48. The van der Waals surface area contributed by atoms with E-state index in [9.17, 15) is 4.79 Å². The molecule has 18 heavy (non-hydrogen) atoms. The van der Waals surface area contributed by atoms with Gasteiger partial charge in [0, 0.05) is 11.1 Å². The zero-order chi connectivity index (χ0) is 13.0. The minimum absolute atomic E-state index is 0.0973. The molecule has 2 aromatic carbocycles. The second kappa shape index (κ2) is 5.14. The molecule has 0 saturated carbocycles. The highest BCUT2D eigenvalue weighted by Crippen LogP contribution is 2.18. The second-order valence-corrected chi connectivity index (χ2v) is 3.78. The Morgan fingerprint density at radius 2 is 1.61 bits per heavy atom. The van der Waals surface area contributed by atoms with Crippen LogP contribution >= 0.6 is 0 Å². The first-order chi connectivity index (χ1) is 8.68. The highest BCUT2D eigenvalue weighted by Gasteiger charge is 2.12. The molecule has 0 aliphatic heterocycles. The largest absolute Gasteiger partial charge is 0.370 e. The molecular formula is C14H13N3O. The van der Waals surface area contributed by atoms with Gasteiger partial charge in [0.25, 0.3) is 0 Å². The predicted molar refractivity (Wildman–Crippen MR) is 71.9 cm³/mol. The molecule has 0 aromatic heterocycles. The van der Waals surface area contributed by atoms with Crippen molar-refractivity contribution in [3.8, 4) is 0 Å². The predicted octanol–water partition coefficient (Wildman–Crippen LogP) is 2.22. The van der Waals surface area contributed by atoms with Gasteiger partial charge in [0.15, 0.2) is 11.7 Å². The maximum absolute atomic E-state index is 12.3. The van der Waals surface area contributed by atoms with Gasteiger partial charge in [-0.1, -0.05) is 42.5 Å². The zero-order valence-electron chi connectivity index (χ0n) is 9.68. The molecule has 2 rings (SSSR count). The van der Waals surface area contributed by atoms with Crippen LogP contribution in [0.1, 0.15) is 15.9 Å². The van der Waals surface area contributed by atoms with Gasteiger partial charge >= 0.3 is 0 Å². The van der Waals surface area contributed by atoms with Gasteiger partial charge in [0.1, 0.15) is 0 Å². The molecular weight excluding hydrogens is 226 g/mol. The van der Waals surface area contributed by atoms with Crippen LogP contribution in [0.3, 0.4) is 0 Å². The third kappa shape index (κ3) is 2.55. The standard InChI is InChI=1S/C14H13N3O/c15-14(16)17-12-9-5-4-8-11(12)13(18)10-6-2-1-3-7-10/h1-9H,(H4,15,16,17). The Balaban J connectivity index is 2.39. The molecule has 0 spiro atoms. The molecule has 4 N–H and O–H groups in total. The van der Waals surface area contributed by atoms with E-state index in [1.54, 1.807) is 36.4 Å². The van der Waals surface area contributed by atoms with Gasteiger partial charge in [-0.3, -0.25) is 10.2 Å². The number of nitrogens with one attached hydrogen (secondary N) is 2. The number of carbonyl (C=O) groups is 1. The van der Waals surface area contributed by atoms with Crippen molar-refractivity contribution < 1.29 is 4.79 Å². The summed E-state index contributed by atoms with van der Waals surface area (Å²) in [7, 11) is 0. The summed E-state index contributed by atoms with van der Waals surface area (Å²) in [6.45, 7) is 0. The van der Waals surface area contributed by atoms with Gasteiger partial charge in [-0.05, 0) is 12.1 Å². The minimum Gasteiger partial charge on any atom is -0.370 e. The van der Waals surface area contributed by atoms with E-state index in [1.165, 1.54) is 0 Å². The fourth-order valence-corrected chi connectivity index (χ4v) is 1.68. The number of carbonyl (C=O) groups excluding carboxylic acids is 1. The molecule has 4 nitrogen and oxygen atoms in total. The van der Waals surface area contributed by atoms with Crippen LogP contribution in [0.5, 0.6) is 0 Å². The fourth-order valence-electron chi connectivity index (χ4n) is 1.68. The Bertz CT molecular complexity index is 579. The van der Waals surface area contributed by atoms with Gasteiger partial charge in [0.2, 0.25) is 0 Å². The first-order valence-electron chi connectivity index (χ1n) is 5.48. The molecule has 0 fully saturated rings. The molecule has 0 saturated heterocycles. The number of guanidine groups is 1. The van der Waals surface area contributed by atoms with E-state index in [-0.39, 0.29) is 11.7 Å². The van der Waals surface area contributed by atoms with E-state index in [4.69, 9.17) is 11.1 Å². The van der Waals surface area contributed by atoms with Crippen LogP contribution in [-0.2, 0) is 0 Å². The summed E-state index contributed by atoms with van der Waals surface area (Å²) in [5, 5.41) is 9.89. The lowest BCUT2D eigenvalue weighted by atomic mass is 10.0. The van der Waals surface area contributed by atoms with E-state index in [2.05, 4.69) is 5.32 Å². The van der Waals surface area contributed by atoms with Gasteiger partial charge in [-0.15, -0.1) is 0 Å². The van der Waals surface area contributed by atoms with Crippen LogP contribution in [0.2, 0.25) is 0 Å². The molecule has 2 aromatic rings. The van der Waals surface area contributed by atoms with Crippen LogP contribution in [0.25, 0.3) is 0 Å². The third-order valence-corrected chi connectivity index (χ3v) is 2.48. The summed E-state index contributed by atoms with van der Waals surface area (Å²) in [5.41, 5.74) is 6.94. The summed E-state index contributed by atoms with van der Waals surface area (Å²) in [6.07, 6.45) is 0. The molecule has 0 radical (unpaired) electrons. The molecule has 90 valence electrons. The summed E-state index contributed by atoms with van der Waals surface area (Å²) < 4.78 is 0. The Morgan fingerprint density at radius 3 is 2.28 bits per heavy atom. The quantitative estimate of drug-likeness (QED) is 0.436. The van der Waals surface area contributed by atoms with Crippen molar-refractivity contribution in [3.63, 3.8) is 0 Å². The highest BCUT2D eigenvalue weighted by atomic mass is 16.1. The average Bonchev–Trinajstić information content (AvgIpc) is 2.39. The number of ketones is 1. The van der Waals surface area contributed by atoms with E-state index >= 15 is 0 Å². The fraction of sp³-hybridized carbons (Fsp3) is 0. The van der Waals surface area contributed by atoms with Crippen LogP contribution < -0.4 is 11.1 Å². The van der Waals surface area contributed by atoms with Crippen molar-refractivity contribution >= 4 is 17.4 Å².